The van der Waals surface area contributed by atoms with Crippen LogP contribution in [0.25, 0.3) is 0 Å². The molecule has 1 aliphatic heterocycles. The largest absolute Gasteiger partial charge is 0.345 e. The number of piperazine rings is 1. The van der Waals surface area contributed by atoms with Crippen LogP contribution in [0.5, 0.6) is 0 Å². The fraction of sp³-hybridized carbons (Fsp3) is 0.750. The number of hydrogen-bond acceptors (Lipinski definition) is 5. The van der Waals surface area contributed by atoms with Crippen LogP contribution in [0, 0.1) is 0 Å². The van der Waals surface area contributed by atoms with Crippen LogP contribution in [0.4, 0.5) is 5.13 Å². The van der Waals surface area contributed by atoms with E-state index in [0.717, 1.165) is 29.6 Å². The van der Waals surface area contributed by atoms with Crippen LogP contribution in [0.15, 0.2) is 6.20 Å². The lowest BCUT2D eigenvalue weighted by molar-refractivity contribution is 0.139. The van der Waals surface area contributed by atoms with Crippen molar-refractivity contribution in [2.24, 2.45) is 5.73 Å². The van der Waals surface area contributed by atoms with Crippen molar-refractivity contribution in [1.29, 1.82) is 0 Å². The van der Waals surface area contributed by atoms with Crippen molar-refractivity contribution < 1.29 is 0 Å². The van der Waals surface area contributed by atoms with Crippen LogP contribution in [-0.4, -0.2) is 42.1 Å². The van der Waals surface area contributed by atoms with E-state index < -0.39 is 0 Å². The Labute approximate surface area is 107 Å². The van der Waals surface area contributed by atoms with E-state index in [1.54, 1.807) is 11.3 Å². The highest BCUT2D eigenvalue weighted by Gasteiger charge is 2.32. The van der Waals surface area contributed by atoms with Gasteiger partial charge in [-0.3, -0.25) is 4.90 Å². The summed E-state index contributed by atoms with van der Waals surface area (Å²) in [5, 5.41) is 1.11. The molecule has 2 rings (SSSR count). The summed E-state index contributed by atoms with van der Waals surface area (Å²) in [5.74, 6) is 0. The summed E-state index contributed by atoms with van der Waals surface area (Å²) in [5.41, 5.74) is 6.08. The zero-order chi connectivity index (χ0) is 12.6. The zero-order valence-electron chi connectivity index (χ0n) is 11.1. The molecule has 2 N–H and O–H groups in total. The molecule has 1 atom stereocenters. The summed E-state index contributed by atoms with van der Waals surface area (Å²) in [7, 11) is 2.19. The first-order valence-electron chi connectivity index (χ1n) is 6.07. The van der Waals surface area contributed by atoms with Gasteiger partial charge in [-0.05, 0) is 27.8 Å². The average molecular weight is 254 g/mol. The standard InChI is InChI=1S/C12H22N4S/c1-9(13)10-7-14-11(17-10)16-6-5-15(4)12(2,3)8-16/h7,9H,5-6,8,13H2,1-4H3. The number of likely N-dealkylation sites (N-methyl/N-ethyl adjacent to an activating group) is 1. The van der Waals surface area contributed by atoms with E-state index in [-0.39, 0.29) is 11.6 Å². The third-order valence-electron chi connectivity index (χ3n) is 3.55. The number of aromatic nitrogens is 1. The number of thiazole rings is 1. The molecule has 0 amide bonds. The van der Waals surface area contributed by atoms with Crippen LogP contribution in [0.3, 0.4) is 0 Å². The quantitative estimate of drug-likeness (QED) is 0.872. The van der Waals surface area contributed by atoms with Crippen LogP contribution in [-0.2, 0) is 0 Å². The van der Waals surface area contributed by atoms with Gasteiger partial charge in [-0.25, -0.2) is 4.98 Å². The van der Waals surface area contributed by atoms with Crippen molar-refractivity contribution in [2.75, 3.05) is 31.6 Å². The lowest BCUT2D eigenvalue weighted by Gasteiger charge is -2.45. The van der Waals surface area contributed by atoms with E-state index in [2.05, 4.69) is 35.7 Å². The molecule has 0 aliphatic carbocycles. The van der Waals surface area contributed by atoms with E-state index in [1.807, 2.05) is 13.1 Å². The topological polar surface area (TPSA) is 45.4 Å². The van der Waals surface area contributed by atoms with Crippen molar-refractivity contribution in [3.05, 3.63) is 11.1 Å². The minimum atomic E-state index is 0.0849. The molecule has 1 aromatic heterocycles. The zero-order valence-corrected chi connectivity index (χ0v) is 11.9. The van der Waals surface area contributed by atoms with Gasteiger partial charge in [-0.1, -0.05) is 0 Å². The molecule has 0 saturated carbocycles. The summed E-state index contributed by atoms with van der Waals surface area (Å²) < 4.78 is 0. The molecule has 1 saturated heterocycles. The second kappa shape index (κ2) is 4.55. The van der Waals surface area contributed by atoms with Crippen molar-refractivity contribution in [1.82, 2.24) is 9.88 Å². The first-order chi connectivity index (χ1) is 7.90. The number of nitrogens with two attached hydrogens (primary N) is 1. The van der Waals surface area contributed by atoms with Crippen molar-refractivity contribution >= 4 is 16.5 Å². The van der Waals surface area contributed by atoms with Gasteiger partial charge in [0, 0.05) is 42.3 Å². The Kier molecular flexibility index (Phi) is 3.43. The normalized spacial score (nSPS) is 22.8. The summed E-state index contributed by atoms with van der Waals surface area (Å²) in [6.07, 6.45) is 1.91. The maximum atomic E-state index is 5.88. The molecule has 0 bridgehead atoms. The van der Waals surface area contributed by atoms with Gasteiger partial charge >= 0.3 is 0 Å². The molecule has 0 spiro atoms. The molecule has 96 valence electrons. The van der Waals surface area contributed by atoms with Gasteiger partial charge in [0.25, 0.3) is 0 Å². The van der Waals surface area contributed by atoms with Gasteiger partial charge in [-0.15, -0.1) is 11.3 Å². The molecular weight excluding hydrogens is 232 g/mol. The average Bonchev–Trinajstić information content (AvgIpc) is 2.71. The molecule has 2 heterocycles. The first-order valence-corrected chi connectivity index (χ1v) is 6.89. The number of rotatable bonds is 2. The first kappa shape index (κ1) is 12.8. The van der Waals surface area contributed by atoms with Crippen LogP contribution < -0.4 is 10.6 Å². The second-order valence-electron chi connectivity index (χ2n) is 5.49. The Morgan fingerprint density at radius 2 is 2.18 bits per heavy atom. The number of hydrogen-bond donors (Lipinski definition) is 1. The van der Waals surface area contributed by atoms with Gasteiger partial charge in [0.2, 0.25) is 0 Å². The third kappa shape index (κ3) is 2.61. The highest BCUT2D eigenvalue weighted by atomic mass is 32.1. The van der Waals surface area contributed by atoms with Gasteiger partial charge < -0.3 is 10.6 Å². The molecule has 1 unspecified atom stereocenters. The summed E-state index contributed by atoms with van der Waals surface area (Å²) >= 11 is 1.72. The molecule has 4 nitrogen and oxygen atoms in total. The number of nitrogens with zero attached hydrogens (tertiary/aromatic N) is 3. The Morgan fingerprint density at radius 3 is 2.71 bits per heavy atom. The van der Waals surface area contributed by atoms with Crippen molar-refractivity contribution in [2.45, 2.75) is 32.4 Å². The van der Waals surface area contributed by atoms with E-state index in [1.165, 1.54) is 0 Å². The van der Waals surface area contributed by atoms with Crippen LogP contribution in [0.1, 0.15) is 31.7 Å². The predicted molar refractivity (Wildman–Crippen MR) is 73.6 cm³/mol. The predicted octanol–water partition coefficient (Wildman–Crippen LogP) is 1.69. The Bertz CT molecular complexity index is 386. The molecular formula is C12H22N4S. The van der Waals surface area contributed by atoms with Gasteiger partial charge in [0.1, 0.15) is 0 Å². The Morgan fingerprint density at radius 1 is 1.47 bits per heavy atom. The molecule has 0 aromatic carbocycles. The molecule has 1 aromatic rings. The molecule has 0 radical (unpaired) electrons. The Balaban J connectivity index is 2.12. The van der Waals surface area contributed by atoms with E-state index in [9.17, 15) is 0 Å². The Hall–Kier alpha value is -0.650. The maximum Gasteiger partial charge on any atom is 0.185 e. The van der Waals surface area contributed by atoms with E-state index in [0.29, 0.717) is 0 Å². The van der Waals surface area contributed by atoms with Crippen LogP contribution in [0.2, 0.25) is 0 Å². The fourth-order valence-electron chi connectivity index (χ4n) is 2.04. The molecule has 5 heteroatoms. The van der Waals surface area contributed by atoms with E-state index in [4.69, 9.17) is 5.73 Å². The lowest BCUT2D eigenvalue weighted by atomic mass is 10.0. The highest BCUT2D eigenvalue weighted by Crippen LogP contribution is 2.29. The van der Waals surface area contributed by atoms with Crippen molar-refractivity contribution in [3.8, 4) is 0 Å². The second-order valence-corrected chi connectivity index (χ2v) is 6.53. The minimum absolute atomic E-state index is 0.0849. The molecule has 1 fully saturated rings. The summed E-state index contributed by atoms with van der Waals surface area (Å²) in [6.45, 7) is 9.71. The summed E-state index contributed by atoms with van der Waals surface area (Å²) in [4.78, 5) is 10.4. The minimum Gasteiger partial charge on any atom is -0.345 e. The third-order valence-corrected chi connectivity index (χ3v) is 4.81. The monoisotopic (exact) mass is 254 g/mol. The van der Waals surface area contributed by atoms with Crippen molar-refractivity contribution in [3.63, 3.8) is 0 Å². The van der Waals surface area contributed by atoms with Gasteiger partial charge in [0.05, 0.1) is 0 Å². The molecule has 1 aliphatic rings. The molecule has 17 heavy (non-hydrogen) atoms. The van der Waals surface area contributed by atoms with E-state index >= 15 is 0 Å². The maximum absolute atomic E-state index is 5.88. The fourth-order valence-corrected chi connectivity index (χ4v) is 2.93. The van der Waals surface area contributed by atoms with Gasteiger partial charge in [0.15, 0.2) is 5.13 Å². The van der Waals surface area contributed by atoms with Gasteiger partial charge in [-0.2, -0.15) is 0 Å². The summed E-state index contributed by atoms with van der Waals surface area (Å²) in [6, 6.07) is 0.0849. The van der Waals surface area contributed by atoms with Crippen LogP contribution >= 0.6 is 11.3 Å². The highest BCUT2D eigenvalue weighted by molar-refractivity contribution is 7.15. The number of anilines is 1. The lowest BCUT2D eigenvalue weighted by Crippen LogP contribution is -2.57. The SMILES string of the molecule is CC(N)c1cnc(N2CCN(C)C(C)(C)C2)s1. The smallest absolute Gasteiger partial charge is 0.185 e.